The molecule has 0 aromatic carbocycles. The summed E-state index contributed by atoms with van der Waals surface area (Å²) in [6.45, 7) is 0.655. The van der Waals surface area contributed by atoms with Crippen molar-refractivity contribution in [2.24, 2.45) is 10.8 Å². The lowest BCUT2D eigenvalue weighted by Gasteiger charge is -2.37. The first-order valence-electron chi connectivity index (χ1n) is 7.80. The molecule has 0 atom stereocenters. The van der Waals surface area contributed by atoms with Crippen molar-refractivity contribution in [3.05, 3.63) is 0 Å². The Balaban J connectivity index is 0.000000202. The zero-order valence-corrected chi connectivity index (χ0v) is 17.6. The average Bonchev–Trinajstić information content (AvgIpc) is 2.66. The molecule has 0 saturated carbocycles. The van der Waals surface area contributed by atoms with Crippen LogP contribution in [0.2, 0.25) is 0 Å². The summed E-state index contributed by atoms with van der Waals surface area (Å²) in [4.78, 5) is 0. The fraction of sp³-hybridized carbons (Fsp3) is 1.00. The molecule has 13 nitrogen and oxygen atoms in total. The molecule has 4 heterocycles. The zero-order chi connectivity index (χ0) is 20.5. The molecule has 4 aliphatic rings. The summed E-state index contributed by atoms with van der Waals surface area (Å²) in [5.41, 5.74) is -1.11. The largest absolute Gasteiger partial charge is 0.399 e. The van der Waals surface area contributed by atoms with Crippen LogP contribution in [0.1, 0.15) is 13.8 Å². The maximum absolute atomic E-state index is 11.0. The van der Waals surface area contributed by atoms with Gasteiger partial charge in [-0.05, 0) is 6.42 Å². The highest BCUT2D eigenvalue weighted by Gasteiger charge is 2.44. The van der Waals surface area contributed by atoms with Crippen LogP contribution in [0.4, 0.5) is 0 Å². The molecule has 4 fully saturated rings. The maximum atomic E-state index is 11.0. The lowest BCUT2D eigenvalue weighted by Crippen LogP contribution is -2.48. The van der Waals surface area contributed by atoms with E-state index in [0.29, 0.717) is 0 Å². The standard InChI is InChI=1S/C6H10O7S2.C5H8O6S2.CH4/c7-14(8)2-1-6(3-11-14)4-12-15(9,10)13-5-6;6-12-8-1-5(2-9-12)3-10-13(7)11-4-5;/h1-5H2;1-4H2;1H4. The maximum Gasteiger partial charge on any atom is 0.399 e. The molecule has 0 aliphatic carbocycles. The van der Waals surface area contributed by atoms with Crippen molar-refractivity contribution in [1.29, 1.82) is 0 Å². The third-order valence-corrected chi connectivity index (χ3v) is 7.53. The van der Waals surface area contributed by atoms with Crippen LogP contribution < -0.4 is 0 Å². The van der Waals surface area contributed by atoms with E-state index in [4.69, 9.17) is 16.7 Å². The molecule has 0 amide bonds. The first-order valence-corrected chi connectivity index (χ1v) is 12.7. The van der Waals surface area contributed by atoms with E-state index in [9.17, 15) is 25.3 Å². The minimum Gasteiger partial charge on any atom is -0.269 e. The highest BCUT2D eigenvalue weighted by molar-refractivity contribution is 7.86. The highest BCUT2D eigenvalue weighted by atomic mass is 32.3. The topological polar surface area (TPSA) is 167 Å². The fourth-order valence-corrected chi connectivity index (χ4v) is 6.00. The molecule has 4 rings (SSSR count). The van der Waals surface area contributed by atoms with Crippen molar-refractivity contribution in [3.63, 3.8) is 0 Å². The van der Waals surface area contributed by atoms with E-state index >= 15 is 0 Å². The quantitative estimate of drug-likeness (QED) is 0.365. The molecule has 0 aromatic rings. The van der Waals surface area contributed by atoms with Gasteiger partial charge in [0.15, 0.2) is 0 Å². The Morgan fingerprint density at radius 2 is 1.03 bits per heavy atom. The Hall–Kier alpha value is -0.0800. The minimum atomic E-state index is -3.89. The van der Waals surface area contributed by atoms with Gasteiger partial charge in [-0.25, -0.2) is 8.37 Å². The van der Waals surface area contributed by atoms with Crippen LogP contribution in [-0.2, 0) is 72.5 Å². The molecule has 0 bridgehead atoms. The van der Waals surface area contributed by atoms with E-state index in [1.165, 1.54) is 0 Å². The van der Waals surface area contributed by atoms with Gasteiger partial charge in [0.05, 0.1) is 57.4 Å². The van der Waals surface area contributed by atoms with E-state index < -0.39 is 54.1 Å². The van der Waals surface area contributed by atoms with E-state index in [2.05, 4.69) is 12.5 Å². The monoisotopic (exact) mass is 502 g/mol. The second-order valence-corrected chi connectivity index (χ2v) is 11.5. The third-order valence-electron chi connectivity index (χ3n) is 4.29. The summed E-state index contributed by atoms with van der Waals surface area (Å²) in [5, 5.41) is 0. The molecule has 17 heteroatoms. The van der Waals surface area contributed by atoms with Crippen LogP contribution in [0.3, 0.4) is 0 Å². The molecule has 0 radical (unpaired) electrons. The summed E-state index contributed by atoms with van der Waals surface area (Å²) in [5.74, 6) is -0.139. The predicted molar refractivity (Wildman–Crippen MR) is 96.9 cm³/mol. The molecular formula is C12H22O13S4. The summed E-state index contributed by atoms with van der Waals surface area (Å²) >= 11 is -3.33. The molecule has 0 unspecified atom stereocenters. The second kappa shape index (κ2) is 9.60. The summed E-state index contributed by atoms with van der Waals surface area (Å²) < 4.78 is 97.8. The van der Waals surface area contributed by atoms with E-state index in [1.807, 2.05) is 0 Å². The molecule has 0 aromatic heterocycles. The first kappa shape index (κ1) is 25.2. The van der Waals surface area contributed by atoms with Gasteiger partial charge in [0.1, 0.15) is 0 Å². The Kier molecular flexibility index (Phi) is 8.33. The molecule has 4 aliphatic heterocycles. The van der Waals surface area contributed by atoms with Crippen LogP contribution >= 0.6 is 0 Å². The van der Waals surface area contributed by atoms with Crippen molar-refractivity contribution in [2.75, 3.05) is 52.0 Å². The van der Waals surface area contributed by atoms with Crippen molar-refractivity contribution in [1.82, 2.24) is 0 Å². The highest BCUT2D eigenvalue weighted by Crippen LogP contribution is 2.34. The predicted octanol–water partition coefficient (Wildman–Crippen LogP) is -1.13. The first-order chi connectivity index (χ1) is 13.0. The van der Waals surface area contributed by atoms with Gasteiger partial charge in [0.2, 0.25) is 0 Å². The van der Waals surface area contributed by atoms with Gasteiger partial charge in [-0.2, -0.15) is 25.3 Å². The van der Waals surface area contributed by atoms with E-state index in [-0.39, 0.29) is 65.8 Å². The van der Waals surface area contributed by atoms with Gasteiger partial charge in [-0.3, -0.25) is 20.9 Å². The van der Waals surface area contributed by atoms with E-state index in [0.717, 1.165) is 0 Å². The number of hydrogen-bond donors (Lipinski definition) is 0. The lowest BCUT2D eigenvalue weighted by molar-refractivity contribution is -0.0474. The lowest BCUT2D eigenvalue weighted by atomic mass is 9.88. The summed E-state index contributed by atoms with van der Waals surface area (Å²) in [6, 6.07) is 0. The van der Waals surface area contributed by atoms with Crippen LogP contribution in [0.5, 0.6) is 0 Å². The molecule has 4 saturated heterocycles. The Labute approximate surface area is 174 Å². The molecule has 172 valence electrons. The van der Waals surface area contributed by atoms with Gasteiger partial charge in [-0.1, -0.05) is 7.43 Å². The van der Waals surface area contributed by atoms with Crippen molar-refractivity contribution in [3.8, 4) is 0 Å². The molecular weight excluding hydrogens is 480 g/mol. The van der Waals surface area contributed by atoms with Gasteiger partial charge in [0.25, 0.3) is 10.1 Å². The number of rotatable bonds is 0. The van der Waals surface area contributed by atoms with Crippen molar-refractivity contribution < 1.29 is 54.5 Å². The molecule has 0 N–H and O–H groups in total. The van der Waals surface area contributed by atoms with Crippen LogP contribution in [0, 0.1) is 10.8 Å². The Bertz CT molecular complexity index is 711. The summed E-state index contributed by atoms with van der Waals surface area (Å²) in [6.07, 6.45) is 0.283. The third kappa shape index (κ3) is 6.96. The Morgan fingerprint density at radius 1 is 0.621 bits per heavy atom. The van der Waals surface area contributed by atoms with Crippen molar-refractivity contribution in [2.45, 2.75) is 13.8 Å². The smallest absolute Gasteiger partial charge is 0.269 e. The minimum absolute atomic E-state index is 0. The molecule has 2 spiro atoms. The van der Waals surface area contributed by atoms with Gasteiger partial charge >= 0.3 is 33.1 Å². The van der Waals surface area contributed by atoms with E-state index in [1.54, 1.807) is 0 Å². The Morgan fingerprint density at radius 3 is 1.41 bits per heavy atom. The number of hydrogen-bond acceptors (Lipinski definition) is 13. The fourth-order valence-electron chi connectivity index (χ4n) is 2.40. The van der Waals surface area contributed by atoms with Crippen LogP contribution in [0.15, 0.2) is 0 Å². The van der Waals surface area contributed by atoms with Crippen molar-refractivity contribution >= 4 is 43.2 Å². The van der Waals surface area contributed by atoms with Gasteiger partial charge < -0.3 is 0 Å². The molecule has 29 heavy (non-hydrogen) atoms. The van der Waals surface area contributed by atoms with Crippen LogP contribution in [-0.4, -0.2) is 77.3 Å². The van der Waals surface area contributed by atoms with Gasteiger partial charge in [0, 0.05) is 5.41 Å². The zero-order valence-electron chi connectivity index (χ0n) is 14.3. The summed E-state index contributed by atoms with van der Waals surface area (Å²) in [7, 11) is -7.34. The average molecular weight is 503 g/mol. The normalized spacial score (nSPS) is 37.7. The SMILES string of the molecule is C.O=S1(=O)CCC2(CO1)COS(=O)(=O)OC2.O=S1OCC2(CO1)COS(=O)OC2. The second-order valence-electron chi connectivity index (χ2n) is 6.66. The van der Waals surface area contributed by atoms with Gasteiger partial charge in [-0.15, -0.1) is 0 Å². The van der Waals surface area contributed by atoms with Crippen LogP contribution in [0.25, 0.3) is 0 Å².